The summed E-state index contributed by atoms with van der Waals surface area (Å²) in [6, 6.07) is -1.05. The molecular weight excluding hydrogens is 588 g/mol. The fourth-order valence-electron chi connectivity index (χ4n) is 4.98. The van der Waals surface area contributed by atoms with Crippen molar-refractivity contribution in [2.45, 2.75) is 194 Å². The number of carboxylic acid groups (broad SMARTS) is 1. The lowest BCUT2D eigenvalue weighted by molar-refractivity contribution is -0.159. The van der Waals surface area contributed by atoms with Crippen LogP contribution in [0.4, 0.5) is 0 Å². The average molecular weight is 655 g/mol. The first kappa shape index (κ1) is 43.4. The van der Waals surface area contributed by atoms with Crippen molar-refractivity contribution in [2.24, 2.45) is 0 Å². The Morgan fingerprint density at radius 3 is 1.37 bits per heavy atom. The molecule has 0 saturated carbocycles. The zero-order valence-corrected chi connectivity index (χ0v) is 29.9. The molecule has 0 heterocycles. The molecule has 268 valence electrons. The fourth-order valence-corrected chi connectivity index (χ4v) is 4.98. The summed E-state index contributed by atoms with van der Waals surface area (Å²) in [4.78, 5) is 59.4. The molecule has 0 aliphatic heterocycles. The van der Waals surface area contributed by atoms with E-state index in [0.29, 0.717) is 12.8 Å². The summed E-state index contributed by atoms with van der Waals surface area (Å²) in [7, 11) is 0. The van der Waals surface area contributed by atoms with Gasteiger partial charge in [0.05, 0.1) is 0 Å². The Hall–Kier alpha value is -2.65. The van der Waals surface area contributed by atoms with Gasteiger partial charge in [-0.1, -0.05) is 89.9 Å². The molecule has 0 aromatic carbocycles. The first-order valence-electron chi connectivity index (χ1n) is 17.8. The van der Waals surface area contributed by atoms with Gasteiger partial charge >= 0.3 is 17.9 Å². The van der Waals surface area contributed by atoms with E-state index in [1.165, 1.54) is 70.6 Å². The average Bonchev–Trinajstić information content (AvgIpc) is 2.92. The molecule has 3 N–H and O–H groups in total. The minimum absolute atomic E-state index is 0.00314. The van der Waals surface area contributed by atoms with Crippen LogP contribution in [0.1, 0.15) is 176 Å². The molecular formula is C36H66N2O8. The van der Waals surface area contributed by atoms with Crippen LogP contribution in [0.5, 0.6) is 0 Å². The quantitative estimate of drug-likeness (QED) is 0.0608. The van der Waals surface area contributed by atoms with E-state index in [4.69, 9.17) is 14.6 Å². The Balaban J connectivity index is 3.66. The highest BCUT2D eigenvalue weighted by Gasteiger charge is 2.27. The maximum absolute atomic E-state index is 12.4. The number of ether oxygens (including phenoxy) is 2. The van der Waals surface area contributed by atoms with E-state index in [0.717, 1.165) is 32.1 Å². The van der Waals surface area contributed by atoms with Gasteiger partial charge in [-0.05, 0) is 60.8 Å². The second-order valence-corrected chi connectivity index (χ2v) is 14.4. The maximum atomic E-state index is 12.4. The molecule has 0 aliphatic carbocycles. The van der Waals surface area contributed by atoms with Crippen molar-refractivity contribution in [1.29, 1.82) is 0 Å². The third-order valence-electron chi connectivity index (χ3n) is 7.30. The first-order chi connectivity index (χ1) is 21.6. The monoisotopic (exact) mass is 654 g/mol. The molecule has 0 radical (unpaired) electrons. The predicted molar refractivity (Wildman–Crippen MR) is 181 cm³/mol. The van der Waals surface area contributed by atoms with Crippen LogP contribution in [-0.4, -0.2) is 58.6 Å². The number of carbonyl (C=O) groups excluding carboxylic acids is 4. The smallest absolute Gasteiger partial charge is 0.329 e. The van der Waals surface area contributed by atoms with Gasteiger partial charge in [-0.2, -0.15) is 0 Å². The third-order valence-corrected chi connectivity index (χ3v) is 7.30. The number of carboxylic acids is 1. The number of hydrogen-bond acceptors (Lipinski definition) is 7. The maximum Gasteiger partial charge on any atom is 0.329 e. The van der Waals surface area contributed by atoms with Gasteiger partial charge in [0, 0.05) is 32.2 Å². The first-order valence-corrected chi connectivity index (χ1v) is 17.8. The molecule has 0 aliphatic rings. The Labute approximate surface area is 278 Å². The summed E-state index contributed by atoms with van der Waals surface area (Å²) < 4.78 is 10.6. The van der Waals surface area contributed by atoms with Crippen LogP contribution >= 0.6 is 0 Å². The molecule has 0 saturated heterocycles. The van der Waals surface area contributed by atoms with E-state index in [1.54, 1.807) is 20.8 Å². The molecule has 2 amide bonds. The van der Waals surface area contributed by atoms with Gasteiger partial charge in [0.2, 0.25) is 11.8 Å². The minimum Gasteiger partial charge on any atom is -0.481 e. The van der Waals surface area contributed by atoms with Crippen LogP contribution in [0.15, 0.2) is 0 Å². The van der Waals surface area contributed by atoms with Crippen LogP contribution in [-0.2, 0) is 33.4 Å². The van der Waals surface area contributed by atoms with Crippen LogP contribution in [0.2, 0.25) is 0 Å². The Morgan fingerprint density at radius 2 is 0.957 bits per heavy atom. The van der Waals surface area contributed by atoms with Gasteiger partial charge in [0.25, 0.3) is 0 Å². The van der Waals surface area contributed by atoms with Gasteiger partial charge in [-0.15, -0.1) is 0 Å². The minimum atomic E-state index is -1.06. The van der Waals surface area contributed by atoms with Crippen LogP contribution in [0.3, 0.4) is 0 Å². The number of amides is 2. The second kappa shape index (κ2) is 25.4. The molecule has 1 atom stereocenters. The number of unbranched alkanes of at least 4 members (excludes halogenated alkanes) is 15. The highest BCUT2D eigenvalue weighted by molar-refractivity contribution is 5.85. The zero-order chi connectivity index (χ0) is 34.8. The normalized spacial score (nSPS) is 12.3. The molecule has 0 rings (SSSR count). The topological polar surface area (TPSA) is 148 Å². The van der Waals surface area contributed by atoms with Crippen molar-refractivity contribution >= 4 is 29.7 Å². The summed E-state index contributed by atoms with van der Waals surface area (Å²) in [6.45, 7) is 11.0. The zero-order valence-electron chi connectivity index (χ0n) is 29.9. The van der Waals surface area contributed by atoms with Crippen molar-refractivity contribution in [2.75, 3.05) is 6.54 Å². The van der Waals surface area contributed by atoms with Crippen LogP contribution in [0, 0.1) is 0 Å². The number of aliphatic carboxylic acids is 1. The summed E-state index contributed by atoms with van der Waals surface area (Å²) in [5.74, 6) is -2.36. The van der Waals surface area contributed by atoms with Gasteiger partial charge in [0.15, 0.2) is 0 Å². The number of carbonyl (C=O) groups is 5. The van der Waals surface area contributed by atoms with Crippen molar-refractivity contribution < 1.29 is 38.6 Å². The number of rotatable bonds is 27. The highest BCUT2D eigenvalue weighted by Crippen LogP contribution is 2.16. The van der Waals surface area contributed by atoms with Gasteiger partial charge in [-0.25, -0.2) is 4.79 Å². The van der Waals surface area contributed by atoms with E-state index in [9.17, 15) is 24.0 Å². The molecule has 0 bridgehead atoms. The Kier molecular flexibility index (Phi) is 24.0. The molecule has 10 heteroatoms. The van der Waals surface area contributed by atoms with Crippen LogP contribution in [0.25, 0.3) is 0 Å². The summed E-state index contributed by atoms with van der Waals surface area (Å²) >= 11 is 0. The Bertz CT molecular complexity index is 876. The number of esters is 2. The number of nitrogens with one attached hydrogen (secondary N) is 2. The van der Waals surface area contributed by atoms with E-state index in [2.05, 4.69) is 10.6 Å². The lowest BCUT2D eigenvalue weighted by Gasteiger charge is -2.24. The molecule has 0 unspecified atom stereocenters. The van der Waals surface area contributed by atoms with Gasteiger partial charge < -0.3 is 25.2 Å². The van der Waals surface area contributed by atoms with E-state index in [1.807, 2.05) is 20.8 Å². The molecule has 0 fully saturated rings. The summed E-state index contributed by atoms with van der Waals surface area (Å²) in [5, 5.41) is 14.2. The third kappa shape index (κ3) is 30.0. The molecule has 10 nitrogen and oxygen atoms in total. The summed E-state index contributed by atoms with van der Waals surface area (Å²) in [6.07, 6.45) is 19.5. The van der Waals surface area contributed by atoms with E-state index in [-0.39, 0.29) is 43.3 Å². The van der Waals surface area contributed by atoms with Crippen LogP contribution < -0.4 is 10.6 Å². The SMILES string of the molecule is CC(C)(C)OC(=O)CCCCCCCCCCCCCCCCCCC(=O)NCCC(=O)N[C@@H](CCC(=O)O)C(=O)OC(C)(C)C. The number of hydrogen-bond donors (Lipinski definition) is 3. The molecule has 0 aromatic rings. The van der Waals surface area contributed by atoms with Crippen molar-refractivity contribution in [1.82, 2.24) is 10.6 Å². The van der Waals surface area contributed by atoms with Crippen molar-refractivity contribution in [3.63, 3.8) is 0 Å². The van der Waals surface area contributed by atoms with Gasteiger partial charge in [-0.3, -0.25) is 19.2 Å². The molecule has 46 heavy (non-hydrogen) atoms. The summed E-state index contributed by atoms with van der Waals surface area (Å²) in [5.41, 5.74) is -1.15. The molecule has 0 spiro atoms. The fraction of sp³-hybridized carbons (Fsp3) is 0.861. The highest BCUT2D eigenvalue weighted by atomic mass is 16.6. The van der Waals surface area contributed by atoms with Crippen molar-refractivity contribution in [3.8, 4) is 0 Å². The van der Waals surface area contributed by atoms with E-state index >= 15 is 0 Å². The predicted octanol–water partition coefficient (Wildman–Crippen LogP) is 7.55. The van der Waals surface area contributed by atoms with Gasteiger partial charge in [0.1, 0.15) is 17.2 Å². The molecule has 0 aromatic heterocycles. The van der Waals surface area contributed by atoms with E-state index < -0.39 is 29.5 Å². The lowest BCUT2D eigenvalue weighted by atomic mass is 10.0. The standard InChI is InChI=1S/C36H66N2O8/c1-35(2,3)45-33(43)24-22-20-18-16-14-12-10-8-7-9-11-13-15-17-19-21-23-30(39)37-28-27-31(40)38-29(25-26-32(41)42)34(44)46-36(4,5)6/h29H,7-28H2,1-6H3,(H,37,39)(H,38,40)(H,41,42)/t29-/m0/s1. The van der Waals surface area contributed by atoms with Crippen molar-refractivity contribution in [3.05, 3.63) is 0 Å². The lowest BCUT2D eigenvalue weighted by Crippen LogP contribution is -2.45. The largest absolute Gasteiger partial charge is 0.481 e. The second-order valence-electron chi connectivity index (χ2n) is 14.4. The Morgan fingerprint density at radius 1 is 0.543 bits per heavy atom.